The Morgan fingerprint density at radius 3 is 2.08 bits per heavy atom. The van der Waals surface area contributed by atoms with Crippen molar-refractivity contribution in [2.75, 3.05) is 12.8 Å². The largest absolute Gasteiger partial charge is 0.458 e. The highest BCUT2D eigenvalue weighted by Gasteiger charge is 3.01. The van der Waals surface area contributed by atoms with Gasteiger partial charge < -0.3 is 23.7 Å². The van der Waals surface area contributed by atoms with E-state index in [0.717, 1.165) is 55.8 Å². The molecule has 53 heavy (non-hydrogen) atoms. The molecule has 2 spiro atoms. The lowest BCUT2D eigenvalue weighted by Gasteiger charge is -2.53. The van der Waals surface area contributed by atoms with E-state index in [1.807, 2.05) is 0 Å². The summed E-state index contributed by atoms with van der Waals surface area (Å²) in [5, 5.41) is 4.23. The van der Waals surface area contributed by atoms with Gasteiger partial charge in [0.05, 0.1) is 12.3 Å². The molecule has 3 aliphatic carbocycles. The van der Waals surface area contributed by atoms with Crippen LogP contribution in [0.1, 0.15) is 72.1 Å². The number of cyclic esters (lactones) is 1. The molecule has 0 N–H and O–H groups in total. The third kappa shape index (κ3) is 4.54. The van der Waals surface area contributed by atoms with E-state index in [9.17, 15) is 9.59 Å². The number of benzene rings is 3. The van der Waals surface area contributed by atoms with Crippen LogP contribution in [0.25, 0.3) is 0 Å². The predicted octanol–water partition coefficient (Wildman–Crippen LogP) is 6.60. The minimum absolute atomic E-state index is 0.0876. The fraction of sp³-hybridized carbons (Fsp3) is 0.511. The van der Waals surface area contributed by atoms with Crippen molar-refractivity contribution >= 4 is 35.1 Å². The van der Waals surface area contributed by atoms with Crippen molar-refractivity contribution < 1.29 is 33.3 Å². The average molecular weight is 734 g/mol. The summed E-state index contributed by atoms with van der Waals surface area (Å²) in [5.74, 6) is -0.0404. The normalized spacial score (nSPS) is 37.0. The first-order valence-corrected chi connectivity index (χ1v) is 21.9. The lowest BCUT2D eigenvalue weighted by Crippen LogP contribution is -2.70. The number of epoxide rings is 3. The van der Waals surface area contributed by atoms with Crippen LogP contribution < -0.4 is 15.9 Å². The number of unbranched alkanes of at least 4 members (excludes halogenated alkanes) is 3. The summed E-state index contributed by atoms with van der Waals surface area (Å²) in [4.78, 5) is 26.4. The molecular weight excluding hydrogens is 683 g/mol. The Balaban J connectivity index is 0.835. The van der Waals surface area contributed by atoms with Crippen molar-refractivity contribution in [1.29, 1.82) is 0 Å². The van der Waals surface area contributed by atoms with Crippen LogP contribution >= 0.6 is 7.26 Å². The summed E-state index contributed by atoms with van der Waals surface area (Å²) in [6.45, 7) is 7.02. The smallest absolute Gasteiger partial charge is 0.334 e. The number of hydrogen-bond acceptors (Lipinski definition) is 7. The second-order valence-corrected chi connectivity index (χ2v) is 20.7. The van der Waals surface area contributed by atoms with Gasteiger partial charge in [0.15, 0.2) is 11.7 Å². The van der Waals surface area contributed by atoms with Crippen molar-refractivity contribution in [2.45, 2.75) is 113 Å². The van der Waals surface area contributed by atoms with Crippen LogP contribution in [-0.4, -0.2) is 65.9 Å². The van der Waals surface area contributed by atoms with Gasteiger partial charge in [-0.2, -0.15) is 0 Å². The minimum Gasteiger partial charge on any atom is -0.458 e. The number of esters is 2. The molecule has 0 amide bonds. The average Bonchev–Trinajstić information content (AvgIpc) is 4.11. The molecule has 0 radical (unpaired) electrons. The number of carbonyl (C=O) groups is 2. The fourth-order valence-electron chi connectivity index (χ4n) is 11.9. The molecule has 7 aliphatic rings. The van der Waals surface area contributed by atoms with Crippen molar-refractivity contribution in [3.63, 3.8) is 0 Å². The highest BCUT2D eigenvalue weighted by molar-refractivity contribution is 7.95. The molecule has 3 aromatic carbocycles. The highest BCUT2D eigenvalue weighted by atomic mass is 31.2. The molecule has 10 rings (SSSR count). The number of carbonyl (C=O) groups excluding carboxylic acids is 2. The van der Waals surface area contributed by atoms with Gasteiger partial charge in [0.25, 0.3) is 0 Å². The predicted molar refractivity (Wildman–Crippen MR) is 204 cm³/mol. The number of ether oxygens (including phenoxy) is 5. The Kier molecular flexibility index (Phi) is 7.78. The first kappa shape index (κ1) is 34.2. The number of fused-ring (bicyclic) bond motifs is 4. The summed E-state index contributed by atoms with van der Waals surface area (Å²) in [7, 11) is -1.87. The van der Waals surface area contributed by atoms with Gasteiger partial charge in [0.1, 0.15) is 53.2 Å². The van der Waals surface area contributed by atoms with Gasteiger partial charge in [-0.3, -0.25) is 4.79 Å². The van der Waals surface area contributed by atoms with Crippen LogP contribution in [-0.2, 0) is 33.3 Å². The summed E-state index contributed by atoms with van der Waals surface area (Å²) < 4.78 is 32.4. The third-order valence-electron chi connectivity index (χ3n) is 14.5. The van der Waals surface area contributed by atoms with E-state index in [2.05, 4.69) is 112 Å². The molecule has 0 unspecified atom stereocenters. The molecule has 0 aromatic heterocycles. The Morgan fingerprint density at radius 2 is 1.45 bits per heavy atom. The molecule has 4 heterocycles. The molecule has 3 saturated heterocycles. The van der Waals surface area contributed by atoms with Crippen LogP contribution in [0.2, 0.25) is 0 Å². The van der Waals surface area contributed by atoms with E-state index in [1.54, 1.807) is 0 Å². The maximum Gasteiger partial charge on any atom is 0.334 e. The van der Waals surface area contributed by atoms with E-state index < -0.39 is 30.2 Å². The SMILES string of the molecule is CC(C)[C@]12O[C@H]1[C@@H]1O[C@]13[C@]1(O[C@H]1C[C@H]1C4=C(CC[C@@]13C)C(=O)OC4)[C@@H]2OC(=O)CCCCCC[P+](c1ccccc1)(c1ccccc1)c1ccccc1. The first-order chi connectivity index (χ1) is 25.7. The third-order valence-corrected chi connectivity index (χ3v) is 19.1. The fourth-order valence-corrected chi connectivity index (χ4v) is 16.3. The molecule has 8 heteroatoms. The lowest BCUT2D eigenvalue weighted by molar-refractivity contribution is -0.169. The molecule has 5 fully saturated rings. The maximum absolute atomic E-state index is 13.9. The van der Waals surface area contributed by atoms with Crippen LogP contribution in [0.4, 0.5) is 0 Å². The van der Waals surface area contributed by atoms with Gasteiger partial charge in [-0.15, -0.1) is 0 Å². The lowest BCUT2D eigenvalue weighted by atomic mass is 9.46. The van der Waals surface area contributed by atoms with Crippen molar-refractivity contribution in [3.8, 4) is 0 Å². The molecule has 4 aliphatic heterocycles. The van der Waals surface area contributed by atoms with Gasteiger partial charge in [0.2, 0.25) is 0 Å². The molecular formula is C45H50O7P+. The van der Waals surface area contributed by atoms with Crippen molar-refractivity contribution in [3.05, 3.63) is 102 Å². The zero-order valence-corrected chi connectivity index (χ0v) is 31.9. The Morgan fingerprint density at radius 1 is 0.830 bits per heavy atom. The minimum atomic E-state index is -1.87. The standard InChI is InChI=1S/C45H50O7P/c1-29(2)43-38(51-43)39-45(52-39)42(3)25-24-33-34(28-48-40(33)47)35(42)27-36-44(45,50-36)41(43)49-37(46)23-15-4-5-16-26-53(30-17-9-6-10-18-30,31-19-11-7-12-20-31)32-21-13-8-14-22-32/h6-14,17-22,29,35-36,38-39,41H,4-5,15-16,23-28H2,1-3H3/q+1/t35-,36-,38-,39-,41+,42-,43-,44+,45+/m0/s1. The molecule has 276 valence electrons. The first-order valence-electron chi connectivity index (χ1n) is 19.9. The summed E-state index contributed by atoms with van der Waals surface area (Å²) in [6, 6.07) is 33.1. The van der Waals surface area contributed by atoms with Crippen molar-refractivity contribution in [1.82, 2.24) is 0 Å². The van der Waals surface area contributed by atoms with Gasteiger partial charge >= 0.3 is 11.9 Å². The zero-order valence-electron chi connectivity index (χ0n) is 31.0. The quantitative estimate of drug-likeness (QED) is 0.0898. The van der Waals surface area contributed by atoms with Crippen LogP contribution in [0, 0.1) is 17.3 Å². The second kappa shape index (κ2) is 12.1. The molecule has 9 atom stereocenters. The van der Waals surface area contributed by atoms with E-state index in [-0.39, 0.29) is 47.5 Å². The Hall–Kier alpha value is -3.35. The monoisotopic (exact) mass is 733 g/mol. The zero-order chi connectivity index (χ0) is 36.2. The van der Waals surface area contributed by atoms with E-state index >= 15 is 0 Å². The number of hydrogen-bond donors (Lipinski definition) is 0. The maximum atomic E-state index is 13.9. The van der Waals surface area contributed by atoms with Crippen molar-refractivity contribution in [2.24, 2.45) is 17.3 Å². The summed E-state index contributed by atoms with van der Waals surface area (Å²) in [5.41, 5.74) is -0.152. The molecule has 7 nitrogen and oxygen atoms in total. The Labute approximate surface area is 313 Å². The van der Waals surface area contributed by atoms with Gasteiger partial charge in [-0.05, 0) is 92.3 Å². The van der Waals surface area contributed by atoms with Crippen LogP contribution in [0.3, 0.4) is 0 Å². The Bertz CT molecular complexity index is 1870. The van der Waals surface area contributed by atoms with Gasteiger partial charge in [-0.25, -0.2) is 4.79 Å². The molecule has 2 saturated carbocycles. The summed E-state index contributed by atoms with van der Waals surface area (Å²) >= 11 is 0. The van der Waals surface area contributed by atoms with Gasteiger partial charge in [0, 0.05) is 17.4 Å². The highest BCUT2D eigenvalue weighted by Crippen LogP contribution is 2.83. The van der Waals surface area contributed by atoms with Crippen LogP contribution in [0.15, 0.2) is 102 Å². The van der Waals surface area contributed by atoms with E-state index in [4.69, 9.17) is 23.7 Å². The second-order valence-electron chi connectivity index (χ2n) is 17.1. The molecule has 0 bridgehead atoms. The van der Waals surface area contributed by atoms with E-state index in [0.29, 0.717) is 19.4 Å². The van der Waals surface area contributed by atoms with Gasteiger partial charge in [-0.1, -0.05) is 81.8 Å². The van der Waals surface area contributed by atoms with E-state index in [1.165, 1.54) is 15.9 Å². The number of rotatable bonds is 12. The molecule has 3 aromatic rings. The summed E-state index contributed by atoms with van der Waals surface area (Å²) in [6.07, 6.45) is 6.79. The topological polar surface area (TPSA) is 90.2 Å². The van der Waals surface area contributed by atoms with Crippen LogP contribution in [0.5, 0.6) is 0 Å².